The molecule has 1 aliphatic carbocycles. The number of thiazole rings is 1. The minimum atomic E-state index is -5.25. The highest BCUT2D eigenvalue weighted by atomic mass is 32.1. The van der Waals surface area contributed by atoms with Crippen molar-refractivity contribution in [2.24, 2.45) is 4.99 Å². The van der Waals surface area contributed by atoms with E-state index in [1.165, 1.54) is 0 Å². The average molecular weight is 346 g/mol. The van der Waals surface area contributed by atoms with Crippen molar-refractivity contribution in [2.75, 3.05) is 0 Å². The van der Waals surface area contributed by atoms with E-state index in [2.05, 4.69) is 14.7 Å². The van der Waals surface area contributed by atoms with Gasteiger partial charge in [0.1, 0.15) is 11.5 Å². The summed E-state index contributed by atoms with van der Waals surface area (Å²) in [5, 5.41) is -0.889. The Morgan fingerprint density at radius 3 is 2.36 bits per heavy atom. The Labute approximate surface area is 121 Å². The van der Waals surface area contributed by atoms with Crippen molar-refractivity contribution in [2.45, 2.75) is 25.4 Å². The van der Waals surface area contributed by atoms with Crippen molar-refractivity contribution >= 4 is 28.7 Å². The molecule has 0 aromatic carbocycles. The first-order valence-electron chi connectivity index (χ1n) is 5.42. The number of carbonyl (C=O) groups excluding carboxylic acids is 2. The van der Waals surface area contributed by atoms with E-state index in [1.54, 1.807) is 0 Å². The lowest BCUT2D eigenvalue weighted by Gasteiger charge is -2.11. The number of hydrogen-bond donors (Lipinski definition) is 0. The summed E-state index contributed by atoms with van der Waals surface area (Å²) in [6.07, 6.45) is -11.2. The Morgan fingerprint density at radius 2 is 1.82 bits per heavy atom. The van der Waals surface area contributed by atoms with Gasteiger partial charge in [0.2, 0.25) is 0 Å². The van der Waals surface area contributed by atoms with Gasteiger partial charge >= 0.3 is 18.4 Å². The molecule has 1 aromatic rings. The van der Waals surface area contributed by atoms with Crippen LogP contribution >= 0.6 is 11.3 Å². The van der Waals surface area contributed by atoms with Crippen molar-refractivity contribution in [3.05, 3.63) is 10.6 Å². The van der Waals surface area contributed by atoms with E-state index < -0.39 is 41.6 Å². The summed E-state index contributed by atoms with van der Waals surface area (Å²) in [7, 11) is 0. The fourth-order valence-corrected chi connectivity index (χ4v) is 2.59. The van der Waals surface area contributed by atoms with Crippen LogP contribution in [0.3, 0.4) is 0 Å². The second-order valence-corrected chi connectivity index (χ2v) is 5.10. The first-order chi connectivity index (χ1) is 9.95. The monoisotopic (exact) mass is 346 g/mol. The van der Waals surface area contributed by atoms with Crippen LogP contribution in [-0.2, 0) is 16.0 Å². The zero-order valence-electron chi connectivity index (χ0n) is 10.2. The van der Waals surface area contributed by atoms with Crippen molar-refractivity contribution < 1.29 is 40.7 Å². The van der Waals surface area contributed by atoms with E-state index in [0.717, 1.165) is 0 Å². The normalized spacial score (nSPS) is 17.5. The first-order valence-corrected chi connectivity index (χ1v) is 6.23. The number of rotatable bonds is 1. The third kappa shape index (κ3) is 3.81. The molecule has 0 radical (unpaired) electrons. The molecule has 5 nitrogen and oxygen atoms in total. The Morgan fingerprint density at radius 1 is 1.18 bits per heavy atom. The number of Topliss-reactive ketones (excluding diaryl/α,β-unsaturated/α-hetero) is 1. The van der Waals surface area contributed by atoms with Crippen molar-refractivity contribution in [3.8, 4) is 5.19 Å². The van der Waals surface area contributed by atoms with Crippen LogP contribution in [0.2, 0.25) is 0 Å². The quantitative estimate of drug-likeness (QED) is 0.733. The number of nitrogens with zero attached hydrogens (tertiary/aromatic N) is 2. The molecule has 12 heteroatoms. The van der Waals surface area contributed by atoms with Gasteiger partial charge in [-0.2, -0.15) is 13.2 Å². The highest BCUT2D eigenvalue weighted by Gasteiger charge is 2.40. The highest BCUT2D eigenvalue weighted by molar-refractivity contribution is 7.13. The van der Waals surface area contributed by atoms with Crippen LogP contribution in [0.5, 0.6) is 5.19 Å². The molecule has 0 fully saturated rings. The summed E-state index contributed by atoms with van der Waals surface area (Å²) in [4.78, 5) is 28.3. The largest absolute Gasteiger partial charge is 0.574 e. The zero-order valence-corrected chi connectivity index (χ0v) is 11.0. The molecule has 0 bridgehead atoms. The number of hydrogen-bond acceptors (Lipinski definition) is 5. The Hall–Kier alpha value is -1.98. The van der Waals surface area contributed by atoms with Gasteiger partial charge in [-0.1, -0.05) is 11.3 Å². The number of aromatic nitrogens is 1. The average Bonchev–Trinajstić information content (AvgIpc) is 2.67. The van der Waals surface area contributed by atoms with Gasteiger partial charge in [-0.05, 0) is 0 Å². The van der Waals surface area contributed by atoms with Crippen LogP contribution in [0.4, 0.5) is 26.3 Å². The van der Waals surface area contributed by atoms with Gasteiger partial charge in [0, 0.05) is 11.3 Å². The summed E-state index contributed by atoms with van der Waals surface area (Å²) in [5.41, 5.74) is -0.983. The fraction of sp³-hybridized carbons (Fsp3) is 0.400. The molecule has 1 amide bonds. The van der Waals surface area contributed by atoms with Crippen LogP contribution in [0.25, 0.3) is 0 Å². The maximum atomic E-state index is 12.2. The highest BCUT2D eigenvalue weighted by Crippen LogP contribution is 2.33. The topological polar surface area (TPSA) is 68.6 Å². The molecule has 1 heterocycles. The van der Waals surface area contributed by atoms with Crippen LogP contribution < -0.4 is 4.74 Å². The lowest BCUT2D eigenvalue weighted by molar-refractivity contribution is -0.274. The Kier molecular flexibility index (Phi) is 3.98. The molecule has 2 rings (SSSR count). The molecular formula is C10H4F6N2O3S. The molecule has 120 valence electrons. The van der Waals surface area contributed by atoms with E-state index in [9.17, 15) is 35.9 Å². The zero-order chi connectivity index (χ0) is 16.7. The van der Waals surface area contributed by atoms with Gasteiger partial charge in [-0.25, -0.2) is 9.98 Å². The van der Waals surface area contributed by atoms with E-state index >= 15 is 0 Å². The standard InChI is InChI=1S/C10H4F6N2O3S/c11-9(12,13)7(20)17-4-1-3(19)2-5-6(4)18-8(22-5)21-10(14,15)16/h1-2H2. The summed E-state index contributed by atoms with van der Waals surface area (Å²) in [5.74, 6) is -3.06. The van der Waals surface area contributed by atoms with Crippen LogP contribution in [0, 0.1) is 0 Å². The van der Waals surface area contributed by atoms with Gasteiger partial charge in [0.25, 0.3) is 5.19 Å². The maximum Gasteiger partial charge on any atom is 0.574 e. The molecule has 0 aliphatic heterocycles. The Bertz CT molecular complexity index is 661. The van der Waals surface area contributed by atoms with Crippen molar-refractivity contribution in [3.63, 3.8) is 0 Å². The second kappa shape index (κ2) is 5.34. The van der Waals surface area contributed by atoms with Gasteiger partial charge in [-0.3, -0.25) is 9.59 Å². The number of ketones is 1. The number of alkyl halides is 6. The SMILES string of the molecule is O=C1CC(=NC(=O)C(F)(F)F)c2nc(OC(F)(F)F)sc2C1. The third-order valence-corrected chi connectivity index (χ3v) is 3.29. The van der Waals surface area contributed by atoms with Crippen molar-refractivity contribution in [1.29, 1.82) is 0 Å². The number of fused-ring (bicyclic) bond motifs is 1. The molecule has 0 saturated carbocycles. The van der Waals surface area contributed by atoms with E-state index in [4.69, 9.17) is 0 Å². The smallest absolute Gasteiger partial charge is 0.378 e. The number of halogens is 6. The first kappa shape index (κ1) is 16.4. The molecule has 1 aliphatic rings. The van der Waals surface area contributed by atoms with Gasteiger partial charge in [-0.15, -0.1) is 13.2 Å². The van der Waals surface area contributed by atoms with Crippen molar-refractivity contribution in [1.82, 2.24) is 4.98 Å². The molecular weight excluding hydrogens is 342 g/mol. The van der Waals surface area contributed by atoms with Gasteiger partial charge in [0.15, 0.2) is 0 Å². The molecule has 22 heavy (non-hydrogen) atoms. The number of carbonyl (C=O) groups is 2. The number of ether oxygens (including phenoxy) is 1. The lowest BCUT2D eigenvalue weighted by Crippen LogP contribution is -2.26. The predicted molar refractivity (Wildman–Crippen MR) is 59.7 cm³/mol. The minimum Gasteiger partial charge on any atom is -0.378 e. The van der Waals surface area contributed by atoms with Gasteiger partial charge in [0.05, 0.1) is 12.1 Å². The summed E-state index contributed by atoms with van der Waals surface area (Å²) in [6, 6.07) is 0. The third-order valence-electron chi connectivity index (χ3n) is 2.36. The van der Waals surface area contributed by atoms with Crippen LogP contribution in [-0.4, -0.2) is 34.9 Å². The molecule has 1 aromatic heterocycles. The predicted octanol–water partition coefficient (Wildman–Crippen LogP) is 2.44. The molecule has 0 spiro atoms. The summed E-state index contributed by atoms with van der Waals surface area (Å²) < 4.78 is 76.3. The second-order valence-electron chi connectivity index (χ2n) is 4.05. The molecule has 0 N–H and O–H groups in total. The van der Waals surface area contributed by atoms with Gasteiger partial charge < -0.3 is 4.74 Å². The Balaban J connectivity index is 2.39. The van der Waals surface area contributed by atoms with Crippen LogP contribution in [0.15, 0.2) is 4.99 Å². The van der Waals surface area contributed by atoms with E-state index in [-0.39, 0.29) is 17.0 Å². The van der Waals surface area contributed by atoms with E-state index in [1.807, 2.05) is 0 Å². The summed E-state index contributed by atoms with van der Waals surface area (Å²) in [6.45, 7) is 0. The molecule has 0 atom stereocenters. The minimum absolute atomic E-state index is 0.0378. The number of aliphatic imine (C=N–C) groups is 1. The summed E-state index contributed by atoms with van der Waals surface area (Å²) >= 11 is 0.357. The molecule has 0 saturated heterocycles. The maximum absolute atomic E-state index is 12.2. The van der Waals surface area contributed by atoms with Crippen LogP contribution in [0.1, 0.15) is 17.0 Å². The number of amides is 1. The fourth-order valence-electron chi connectivity index (χ4n) is 1.61. The molecule has 0 unspecified atom stereocenters. The van der Waals surface area contributed by atoms with E-state index in [0.29, 0.717) is 11.3 Å². The lowest BCUT2D eigenvalue weighted by atomic mass is 9.99.